The Labute approximate surface area is 150 Å². The molecule has 2 aliphatic rings. The molecule has 2 unspecified atom stereocenters. The van der Waals surface area contributed by atoms with Crippen molar-refractivity contribution in [1.82, 2.24) is 0 Å². The van der Waals surface area contributed by atoms with Gasteiger partial charge in [-0.2, -0.15) is 0 Å². The van der Waals surface area contributed by atoms with E-state index in [4.69, 9.17) is 0 Å². The van der Waals surface area contributed by atoms with Crippen LogP contribution in [0.4, 0.5) is 17.1 Å². The zero-order valence-corrected chi connectivity index (χ0v) is 14.1. The van der Waals surface area contributed by atoms with Crippen LogP contribution in [0.3, 0.4) is 0 Å². The highest BCUT2D eigenvalue weighted by atomic mass is 16.6. The summed E-state index contributed by atoms with van der Waals surface area (Å²) in [6.07, 6.45) is 0.316. The molecule has 2 aromatic rings. The van der Waals surface area contributed by atoms with Crippen LogP contribution in [-0.2, 0) is 11.2 Å². The number of nitro groups is 1. The number of nitro benzene ring substituents is 1. The minimum absolute atomic E-state index is 0.00857. The molecule has 1 N–H and O–H groups in total. The van der Waals surface area contributed by atoms with E-state index in [1.165, 1.54) is 12.1 Å². The lowest BCUT2D eigenvalue weighted by molar-refractivity contribution is -0.384. The van der Waals surface area contributed by atoms with Crippen LogP contribution >= 0.6 is 0 Å². The van der Waals surface area contributed by atoms with E-state index in [0.717, 1.165) is 23.5 Å². The minimum Gasteiger partial charge on any atom is -0.481 e. The standard InChI is InChI=1S/C19H19N3O4/c23-19(24)16-11-13-10-15(22(25)26)6-7-17(13)21-9-8-20(12-18(16)21)14-4-2-1-3-5-14/h1-7,10,16,18H,8-9,11-12H2,(H,23,24). The molecule has 0 saturated carbocycles. The predicted molar refractivity (Wildman–Crippen MR) is 97.7 cm³/mol. The normalized spacial score (nSPS) is 21.7. The maximum absolute atomic E-state index is 11.9. The Morgan fingerprint density at radius 2 is 1.92 bits per heavy atom. The van der Waals surface area contributed by atoms with E-state index in [9.17, 15) is 20.0 Å². The minimum atomic E-state index is -0.855. The van der Waals surface area contributed by atoms with E-state index in [1.807, 2.05) is 30.3 Å². The molecule has 0 amide bonds. The fourth-order valence-corrected chi connectivity index (χ4v) is 4.08. The van der Waals surface area contributed by atoms with Crippen LogP contribution in [0.15, 0.2) is 48.5 Å². The molecule has 4 rings (SSSR count). The fraction of sp³-hybridized carbons (Fsp3) is 0.316. The zero-order chi connectivity index (χ0) is 18.3. The summed E-state index contributed by atoms with van der Waals surface area (Å²) in [6, 6.07) is 14.6. The van der Waals surface area contributed by atoms with E-state index in [2.05, 4.69) is 9.80 Å². The first-order valence-corrected chi connectivity index (χ1v) is 8.61. The molecule has 2 heterocycles. The van der Waals surface area contributed by atoms with Crippen molar-refractivity contribution in [2.75, 3.05) is 29.4 Å². The average Bonchev–Trinajstić information content (AvgIpc) is 2.66. The molecule has 2 aliphatic heterocycles. The summed E-state index contributed by atoms with van der Waals surface area (Å²) in [7, 11) is 0. The maximum atomic E-state index is 11.9. The molecule has 0 spiro atoms. The van der Waals surface area contributed by atoms with Crippen LogP contribution in [0.25, 0.3) is 0 Å². The molecule has 7 nitrogen and oxygen atoms in total. The van der Waals surface area contributed by atoms with Crippen molar-refractivity contribution in [2.45, 2.75) is 12.5 Å². The molecule has 2 aromatic carbocycles. The Balaban J connectivity index is 1.68. The highest BCUT2D eigenvalue weighted by molar-refractivity contribution is 5.76. The summed E-state index contributed by atoms with van der Waals surface area (Å²) < 4.78 is 0. The molecule has 26 heavy (non-hydrogen) atoms. The Morgan fingerprint density at radius 1 is 1.15 bits per heavy atom. The van der Waals surface area contributed by atoms with Gasteiger partial charge >= 0.3 is 5.97 Å². The number of benzene rings is 2. The summed E-state index contributed by atoms with van der Waals surface area (Å²) >= 11 is 0. The number of hydrogen-bond acceptors (Lipinski definition) is 5. The van der Waals surface area contributed by atoms with Gasteiger partial charge in [0.25, 0.3) is 5.69 Å². The monoisotopic (exact) mass is 353 g/mol. The van der Waals surface area contributed by atoms with Gasteiger partial charge in [-0.25, -0.2) is 0 Å². The van der Waals surface area contributed by atoms with Gasteiger partial charge in [-0.05, 0) is 30.2 Å². The second-order valence-corrected chi connectivity index (χ2v) is 6.76. The number of aliphatic carboxylic acids is 1. The number of para-hydroxylation sites is 1. The Morgan fingerprint density at radius 3 is 2.62 bits per heavy atom. The molecule has 1 fully saturated rings. The van der Waals surface area contributed by atoms with Gasteiger partial charge in [0.2, 0.25) is 0 Å². The molecule has 0 aromatic heterocycles. The number of fused-ring (bicyclic) bond motifs is 3. The lowest BCUT2D eigenvalue weighted by Gasteiger charge is -2.49. The van der Waals surface area contributed by atoms with Crippen LogP contribution in [0.5, 0.6) is 0 Å². The second kappa shape index (κ2) is 6.33. The highest BCUT2D eigenvalue weighted by Gasteiger charge is 2.42. The molecule has 134 valence electrons. The summed E-state index contributed by atoms with van der Waals surface area (Å²) in [6.45, 7) is 2.09. The number of nitrogens with zero attached hydrogens (tertiary/aromatic N) is 3. The lowest BCUT2D eigenvalue weighted by Crippen LogP contribution is -2.60. The summed E-state index contributed by atoms with van der Waals surface area (Å²) in [5.41, 5.74) is 2.77. The van der Waals surface area contributed by atoms with Gasteiger partial charge in [0.15, 0.2) is 0 Å². The molecule has 2 atom stereocenters. The summed E-state index contributed by atoms with van der Waals surface area (Å²) in [5.74, 6) is -1.44. The number of carbonyl (C=O) groups is 1. The van der Waals surface area contributed by atoms with Crippen molar-refractivity contribution in [3.8, 4) is 0 Å². The van der Waals surface area contributed by atoms with Crippen molar-refractivity contribution in [3.63, 3.8) is 0 Å². The van der Waals surface area contributed by atoms with Gasteiger partial charge in [-0.3, -0.25) is 14.9 Å². The third-order valence-corrected chi connectivity index (χ3v) is 5.34. The number of carboxylic acid groups (broad SMARTS) is 1. The number of non-ortho nitro benzene ring substituents is 1. The SMILES string of the molecule is O=C(O)C1Cc2cc([N+](=O)[O-])ccc2N2CCN(c3ccccc3)CC12. The van der Waals surface area contributed by atoms with Crippen LogP contribution in [0.1, 0.15) is 5.56 Å². The first kappa shape index (κ1) is 16.4. The molecule has 1 saturated heterocycles. The van der Waals surface area contributed by atoms with Crippen molar-refractivity contribution in [3.05, 3.63) is 64.2 Å². The number of anilines is 2. The van der Waals surface area contributed by atoms with E-state index in [1.54, 1.807) is 6.07 Å². The van der Waals surface area contributed by atoms with Crippen LogP contribution in [0.2, 0.25) is 0 Å². The van der Waals surface area contributed by atoms with Crippen molar-refractivity contribution in [2.24, 2.45) is 5.92 Å². The van der Waals surface area contributed by atoms with Crippen molar-refractivity contribution < 1.29 is 14.8 Å². The van der Waals surface area contributed by atoms with Crippen LogP contribution in [0, 0.1) is 16.0 Å². The molecular formula is C19H19N3O4. The Hall–Kier alpha value is -3.09. The molecule has 0 aliphatic carbocycles. The first-order valence-electron chi connectivity index (χ1n) is 8.61. The maximum Gasteiger partial charge on any atom is 0.309 e. The largest absolute Gasteiger partial charge is 0.481 e. The van der Waals surface area contributed by atoms with Crippen LogP contribution in [-0.4, -0.2) is 41.7 Å². The molecule has 0 bridgehead atoms. The summed E-state index contributed by atoms with van der Waals surface area (Å²) in [4.78, 5) is 26.8. The molecular weight excluding hydrogens is 334 g/mol. The van der Waals surface area contributed by atoms with E-state index in [0.29, 0.717) is 19.5 Å². The van der Waals surface area contributed by atoms with Crippen LogP contribution < -0.4 is 9.80 Å². The fourth-order valence-electron chi connectivity index (χ4n) is 4.08. The predicted octanol–water partition coefficient (Wildman–Crippen LogP) is 2.55. The summed E-state index contributed by atoms with van der Waals surface area (Å²) in [5, 5.41) is 20.8. The number of piperazine rings is 1. The smallest absolute Gasteiger partial charge is 0.309 e. The highest BCUT2D eigenvalue weighted by Crippen LogP contribution is 2.38. The quantitative estimate of drug-likeness (QED) is 0.674. The Bertz CT molecular complexity index is 855. The van der Waals surface area contributed by atoms with Gasteiger partial charge in [-0.15, -0.1) is 0 Å². The third-order valence-electron chi connectivity index (χ3n) is 5.34. The number of hydrogen-bond donors (Lipinski definition) is 1. The van der Waals surface area contributed by atoms with Gasteiger partial charge in [-0.1, -0.05) is 18.2 Å². The Kier molecular flexibility index (Phi) is 3.99. The van der Waals surface area contributed by atoms with Gasteiger partial charge in [0, 0.05) is 43.1 Å². The molecule has 7 heteroatoms. The van der Waals surface area contributed by atoms with Gasteiger partial charge in [0.05, 0.1) is 16.9 Å². The van der Waals surface area contributed by atoms with E-state index >= 15 is 0 Å². The lowest BCUT2D eigenvalue weighted by atomic mass is 9.83. The molecule has 0 radical (unpaired) electrons. The van der Waals surface area contributed by atoms with E-state index in [-0.39, 0.29) is 11.7 Å². The topological polar surface area (TPSA) is 86.9 Å². The van der Waals surface area contributed by atoms with Gasteiger partial charge < -0.3 is 14.9 Å². The first-order chi connectivity index (χ1) is 12.5. The van der Waals surface area contributed by atoms with Gasteiger partial charge in [0.1, 0.15) is 0 Å². The van der Waals surface area contributed by atoms with Crippen molar-refractivity contribution in [1.29, 1.82) is 0 Å². The van der Waals surface area contributed by atoms with Crippen molar-refractivity contribution >= 4 is 23.0 Å². The van der Waals surface area contributed by atoms with E-state index < -0.39 is 16.8 Å². The number of carboxylic acids is 1. The number of rotatable bonds is 3. The average molecular weight is 353 g/mol. The zero-order valence-electron chi connectivity index (χ0n) is 14.1. The second-order valence-electron chi connectivity index (χ2n) is 6.76. The third kappa shape index (κ3) is 2.75.